The third-order valence-corrected chi connectivity index (χ3v) is 4.04. The summed E-state index contributed by atoms with van der Waals surface area (Å²) in [5.74, 6) is 1.81. The van der Waals surface area contributed by atoms with Crippen molar-refractivity contribution < 1.29 is 9.47 Å². The summed E-state index contributed by atoms with van der Waals surface area (Å²) in [6.07, 6.45) is 0.0126. The van der Waals surface area contributed by atoms with Crippen LogP contribution in [0, 0.1) is 0 Å². The number of nitrogens with one attached hydrogen (secondary N) is 1. The largest absolute Gasteiger partial charge is 0.491 e. The average molecular weight is 318 g/mol. The van der Waals surface area contributed by atoms with Crippen LogP contribution in [0.3, 0.4) is 0 Å². The number of rotatable bonds is 0. The Morgan fingerprint density at radius 3 is 2.95 bits per heavy atom. The highest BCUT2D eigenvalue weighted by Gasteiger charge is 2.36. The summed E-state index contributed by atoms with van der Waals surface area (Å²) in [7, 11) is 0. The van der Waals surface area contributed by atoms with Gasteiger partial charge in [-0.1, -0.05) is 34.1 Å². The van der Waals surface area contributed by atoms with Gasteiger partial charge in [-0.3, -0.25) is 0 Å². The summed E-state index contributed by atoms with van der Waals surface area (Å²) >= 11 is 3.48. The molecular weight excluding hydrogens is 306 g/mol. The molecule has 2 heterocycles. The summed E-state index contributed by atoms with van der Waals surface area (Å²) in [5, 5.41) is 3.50. The molecule has 0 amide bonds. The minimum Gasteiger partial charge on any atom is -0.491 e. The zero-order valence-corrected chi connectivity index (χ0v) is 11.7. The molecule has 4 rings (SSSR count). The number of halogens is 1. The molecule has 0 radical (unpaired) electrons. The second-order valence-electron chi connectivity index (χ2n) is 4.78. The second kappa shape index (κ2) is 4.17. The third kappa shape index (κ3) is 1.78. The molecule has 2 aromatic carbocycles. The van der Waals surface area contributed by atoms with Crippen molar-refractivity contribution in [2.75, 3.05) is 11.9 Å². The van der Waals surface area contributed by atoms with Gasteiger partial charge >= 0.3 is 0 Å². The van der Waals surface area contributed by atoms with Crippen molar-refractivity contribution in [1.29, 1.82) is 0 Å². The molecule has 2 aliphatic rings. The Kier molecular flexibility index (Phi) is 2.45. The third-order valence-electron chi connectivity index (χ3n) is 3.55. The van der Waals surface area contributed by atoms with Gasteiger partial charge in [-0.25, -0.2) is 0 Å². The number of hydrogen-bond acceptors (Lipinski definition) is 3. The van der Waals surface area contributed by atoms with Crippen molar-refractivity contribution in [3.63, 3.8) is 0 Å². The molecule has 1 N–H and O–H groups in total. The van der Waals surface area contributed by atoms with E-state index in [1.807, 2.05) is 36.4 Å². The van der Waals surface area contributed by atoms with E-state index in [2.05, 4.69) is 27.3 Å². The van der Waals surface area contributed by atoms with Gasteiger partial charge in [0.2, 0.25) is 0 Å². The minimum atomic E-state index is 0.0126. The Hall–Kier alpha value is -1.68. The summed E-state index contributed by atoms with van der Waals surface area (Å²) in [6, 6.07) is 14.2. The first-order valence-corrected chi connectivity index (χ1v) is 7.05. The molecule has 19 heavy (non-hydrogen) atoms. The van der Waals surface area contributed by atoms with Gasteiger partial charge in [0.25, 0.3) is 0 Å². The zero-order chi connectivity index (χ0) is 12.8. The van der Waals surface area contributed by atoms with Gasteiger partial charge in [0.05, 0.1) is 5.69 Å². The fourth-order valence-corrected chi connectivity index (χ4v) is 3.01. The van der Waals surface area contributed by atoms with Gasteiger partial charge in [0, 0.05) is 10.0 Å². The maximum atomic E-state index is 6.15. The lowest BCUT2D eigenvalue weighted by Gasteiger charge is -2.39. The lowest BCUT2D eigenvalue weighted by Crippen LogP contribution is -2.42. The quantitative estimate of drug-likeness (QED) is 0.802. The maximum absolute atomic E-state index is 6.15. The van der Waals surface area contributed by atoms with E-state index in [-0.39, 0.29) is 12.1 Å². The average Bonchev–Trinajstić information content (AvgIpc) is 2.45. The van der Waals surface area contributed by atoms with Crippen LogP contribution in [-0.4, -0.2) is 12.6 Å². The van der Waals surface area contributed by atoms with E-state index in [1.54, 1.807) is 0 Å². The van der Waals surface area contributed by atoms with Crippen LogP contribution in [0.2, 0.25) is 0 Å². The number of anilines is 1. The van der Waals surface area contributed by atoms with Crippen LogP contribution in [0.1, 0.15) is 11.7 Å². The molecule has 2 aromatic rings. The Labute approximate surface area is 119 Å². The van der Waals surface area contributed by atoms with E-state index in [1.165, 1.54) is 0 Å². The Balaban J connectivity index is 1.77. The molecule has 0 aliphatic carbocycles. The summed E-state index contributed by atoms with van der Waals surface area (Å²) < 4.78 is 13.0. The predicted octanol–water partition coefficient (Wildman–Crippen LogP) is 3.76. The van der Waals surface area contributed by atoms with Crippen LogP contribution in [0.15, 0.2) is 46.9 Å². The fraction of sp³-hybridized carbons (Fsp3) is 0.200. The van der Waals surface area contributed by atoms with Crippen LogP contribution < -0.4 is 14.8 Å². The molecule has 3 nitrogen and oxygen atoms in total. The van der Waals surface area contributed by atoms with Crippen molar-refractivity contribution in [2.45, 2.75) is 12.1 Å². The van der Waals surface area contributed by atoms with Gasteiger partial charge < -0.3 is 14.8 Å². The molecule has 0 bridgehead atoms. The Bertz CT molecular complexity index is 644. The van der Waals surface area contributed by atoms with Crippen molar-refractivity contribution >= 4 is 21.6 Å². The highest BCUT2D eigenvalue weighted by atomic mass is 79.9. The van der Waals surface area contributed by atoms with E-state index in [0.29, 0.717) is 6.61 Å². The topological polar surface area (TPSA) is 30.5 Å². The van der Waals surface area contributed by atoms with Gasteiger partial charge in [-0.15, -0.1) is 0 Å². The maximum Gasteiger partial charge on any atom is 0.151 e. The fourth-order valence-electron chi connectivity index (χ4n) is 2.65. The summed E-state index contributed by atoms with van der Waals surface area (Å²) in [6.45, 7) is 0.619. The number of hydrogen-bond donors (Lipinski definition) is 1. The van der Waals surface area contributed by atoms with E-state index in [9.17, 15) is 0 Å². The number of fused-ring (bicyclic) bond motifs is 4. The second-order valence-corrected chi connectivity index (χ2v) is 5.69. The molecule has 0 saturated heterocycles. The molecule has 0 saturated carbocycles. The number of para-hydroxylation sites is 1. The van der Waals surface area contributed by atoms with E-state index in [0.717, 1.165) is 27.2 Å². The first-order chi connectivity index (χ1) is 9.31. The first-order valence-electron chi connectivity index (χ1n) is 6.26. The van der Waals surface area contributed by atoms with Crippen molar-refractivity contribution in [3.05, 3.63) is 52.5 Å². The van der Waals surface area contributed by atoms with Crippen molar-refractivity contribution in [3.8, 4) is 11.5 Å². The van der Waals surface area contributed by atoms with Crippen LogP contribution >= 0.6 is 15.9 Å². The van der Waals surface area contributed by atoms with E-state index in [4.69, 9.17) is 9.47 Å². The molecule has 0 aromatic heterocycles. The smallest absolute Gasteiger partial charge is 0.151 e. The van der Waals surface area contributed by atoms with Crippen molar-refractivity contribution in [1.82, 2.24) is 0 Å². The lowest BCUT2D eigenvalue weighted by molar-refractivity contribution is 0.112. The standard InChI is InChI=1S/C15H12BrNO2/c16-9-5-6-14-11(7-9)17-12-8-18-13-4-2-1-3-10(13)15(12)19-14/h1-7,12,15,17H,8H2. The molecule has 2 atom stereocenters. The van der Waals surface area contributed by atoms with Gasteiger partial charge in [-0.05, 0) is 24.3 Å². The van der Waals surface area contributed by atoms with Crippen LogP contribution in [0.25, 0.3) is 0 Å². The molecular formula is C15H12BrNO2. The van der Waals surface area contributed by atoms with E-state index >= 15 is 0 Å². The molecule has 2 unspecified atom stereocenters. The van der Waals surface area contributed by atoms with Gasteiger partial charge in [0.15, 0.2) is 6.10 Å². The molecule has 2 aliphatic heterocycles. The van der Waals surface area contributed by atoms with Gasteiger partial charge in [0.1, 0.15) is 24.1 Å². The summed E-state index contributed by atoms with van der Waals surface area (Å²) in [5.41, 5.74) is 2.12. The number of benzene rings is 2. The van der Waals surface area contributed by atoms with Gasteiger partial charge in [-0.2, -0.15) is 0 Å². The monoisotopic (exact) mass is 317 g/mol. The zero-order valence-electron chi connectivity index (χ0n) is 10.1. The van der Waals surface area contributed by atoms with Crippen LogP contribution in [0.5, 0.6) is 11.5 Å². The molecule has 0 fully saturated rings. The van der Waals surface area contributed by atoms with Crippen LogP contribution in [-0.2, 0) is 0 Å². The molecule has 0 spiro atoms. The molecule has 4 heteroatoms. The minimum absolute atomic E-state index is 0.0126. The van der Waals surface area contributed by atoms with E-state index < -0.39 is 0 Å². The predicted molar refractivity (Wildman–Crippen MR) is 76.9 cm³/mol. The van der Waals surface area contributed by atoms with Crippen LogP contribution in [0.4, 0.5) is 5.69 Å². The number of ether oxygens (including phenoxy) is 2. The highest BCUT2D eigenvalue weighted by Crippen LogP contribution is 2.43. The first kappa shape index (κ1) is 11.2. The highest BCUT2D eigenvalue weighted by molar-refractivity contribution is 9.10. The summed E-state index contributed by atoms with van der Waals surface area (Å²) in [4.78, 5) is 0. The SMILES string of the molecule is Brc1ccc2c(c1)NC1COc3ccccc3C1O2. The Morgan fingerprint density at radius 2 is 2.00 bits per heavy atom. The molecule has 96 valence electrons. The normalized spacial score (nSPS) is 23.0. The lowest BCUT2D eigenvalue weighted by atomic mass is 9.97. The van der Waals surface area contributed by atoms with Crippen molar-refractivity contribution in [2.24, 2.45) is 0 Å². The Morgan fingerprint density at radius 1 is 1.11 bits per heavy atom.